The third-order valence-corrected chi connectivity index (χ3v) is 3.74. The van der Waals surface area contributed by atoms with Crippen LogP contribution in [0.25, 0.3) is 0 Å². The van der Waals surface area contributed by atoms with E-state index in [4.69, 9.17) is 0 Å². The molecule has 0 radical (unpaired) electrons. The van der Waals surface area contributed by atoms with Crippen LogP contribution >= 0.6 is 15.9 Å². The second kappa shape index (κ2) is 6.33. The van der Waals surface area contributed by atoms with Crippen LogP contribution in [0.15, 0.2) is 22.9 Å². The Hall–Kier alpha value is -0.650. The fourth-order valence-corrected chi connectivity index (χ4v) is 2.33. The molecule has 0 atom stereocenters. The van der Waals surface area contributed by atoms with Crippen molar-refractivity contribution in [1.82, 2.24) is 14.8 Å². The molecule has 17 heavy (non-hydrogen) atoms. The monoisotopic (exact) mass is 298 g/mol. The van der Waals surface area contributed by atoms with Gasteiger partial charge in [0.1, 0.15) is 0 Å². The van der Waals surface area contributed by atoms with Crippen molar-refractivity contribution in [3.05, 3.63) is 22.9 Å². The van der Waals surface area contributed by atoms with Crippen LogP contribution in [-0.4, -0.2) is 61.1 Å². The highest BCUT2D eigenvalue weighted by molar-refractivity contribution is 9.10. The van der Waals surface area contributed by atoms with Crippen molar-refractivity contribution < 1.29 is 0 Å². The Labute approximate surface area is 111 Å². The van der Waals surface area contributed by atoms with E-state index in [0.717, 1.165) is 23.2 Å². The second-order valence-corrected chi connectivity index (χ2v) is 5.28. The van der Waals surface area contributed by atoms with Crippen molar-refractivity contribution in [2.24, 2.45) is 0 Å². The van der Waals surface area contributed by atoms with Gasteiger partial charge in [-0.15, -0.1) is 0 Å². The lowest BCUT2D eigenvalue weighted by atomic mass is 10.3. The number of aromatic nitrogens is 1. The van der Waals surface area contributed by atoms with E-state index in [2.05, 4.69) is 43.1 Å². The molecule has 94 valence electrons. The molecule has 0 aromatic carbocycles. The lowest BCUT2D eigenvalue weighted by molar-refractivity contribution is 0.158. The first-order valence-corrected chi connectivity index (χ1v) is 6.79. The van der Waals surface area contributed by atoms with E-state index in [1.165, 1.54) is 26.2 Å². The Morgan fingerprint density at radius 1 is 1.35 bits per heavy atom. The van der Waals surface area contributed by atoms with Crippen molar-refractivity contribution in [2.75, 3.05) is 51.6 Å². The summed E-state index contributed by atoms with van der Waals surface area (Å²) in [5, 5.41) is 3.43. The molecule has 1 aromatic heterocycles. The van der Waals surface area contributed by atoms with Crippen LogP contribution in [0.4, 0.5) is 5.69 Å². The Balaban J connectivity index is 1.71. The molecule has 1 fully saturated rings. The van der Waals surface area contributed by atoms with Crippen molar-refractivity contribution in [2.45, 2.75) is 0 Å². The highest BCUT2D eigenvalue weighted by Crippen LogP contribution is 2.19. The highest BCUT2D eigenvalue weighted by atomic mass is 79.9. The Kier molecular flexibility index (Phi) is 4.76. The maximum atomic E-state index is 4.05. The number of piperazine rings is 1. The Morgan fingerprint density at radius 3 is 2.82 bits per heavy atom. The van der Waals surface area contributed by atoms with E-state index in [0.29, 0.717) is 0 Å². The molecule has 0 aliphatic carbocycles. The second-order valence-electron chi connectivity index (χ2n) is 4.43. The van der Waals surface area contributed by atoms with Crippen LogP contribution in [0.2, 0.25) is 0 Å². The predicted molar refractivity (Wildman–Crippen MR) is 74.4 cm³/mol. The zero-order chi connectivity index (χ0) is 12.1. The molecule has 1 saturated heterocycles. The molecule has 0 amide bonds. The summed E-state index contributed by atoms with van der Waals surface area (Å²) in [5.74, 6) is 0. The summed E-state index contributed by atoms with van der Waals surface area (Å²) in [6.45, 7) is 6.79. The molecule has 0 spiro atoms. The number of halogens is 1. The van der Waals surface area contributed by atoms with E-state index < -0.39 is 0 Å². The van der Waals surface area contributed by atoms with Gasteiger partial charge in [-0.05, 0) is 29.0 Å². The first kappa shape index (κ1) is 12.8. The number of likely N-dealkylation sites (N-methyl/N-ethyl adjacent to an activating group) is 1. The molecular weight excluding hydrogens is 280 g/mol. The van der Waals surface area contributed by atoms with E-state index >= 15 is 0 Å². The van der Waals surface area contributed by atoms with Crippen LogP contribution in [0, 0.1) is 0 Å². The largest absolute Gasteiger partial charge is 0.383 e. The normalized spacial score (nSPS) is 18.2. The number of anilines is 1. The Bertz CT molecular complexity index is 350. The van der Waals surface area contributed by atoms with Gasteiger partial charge in [0.2, 0.25) is 0 Å². The van der Waals surface area contributed by atoms with Gasteiger partial charge >= 0.3 is 0 Å². The van der Waals surface area contributed by atoms with Gasteiger partial charge in [0.15, 0.2) is 0 Å². The summed E-state index contributed by atoms with van der Waals surface area (Å²) >= 11 is 3.49. The number of rotatable bonds is 4. The molecule has 2 heterocycles. The SMILES string of the molecule is CN1CCN(CCNc2ccncc2Br)CC1. The fourth-order valence-electron chi connectivity index (χ4n) is 1.94. The summed E-state index contributed by atoms with van der Waals surface area (Å²) < 4.78 is 1.03. The molecule has 0 unspecified atom stereocenters. The average molecular weight is 299 g/mol. The number of hydrogen-bond acceptors (Lipinski definition) is 4. The molecule has 5 heteroatoms. The topological polar surface area (TPSA) is 31.4 Å². The van der Waals surface area contributed by atoms with Gasteiger partial charge in [-0.3, -0.25) is 9.88 Å². The molecule has 1 N–H and O–H groups in total. The van der Waals surface area contributed by atoms with Crippen molar-refractivity contribution in [3.63, 3.8) is 0 Å². The van der Waals surface area contributed by atoms with Crippen LogP contribution < -0.4 is 5.32 Å². The smallest absolute Gasteiger partial charge is 0.0590 e. The summed E-state index contributed by atoms with van der Waals surface area (Å²) in [7, 11) is 2.18. The van der Waals surface area contributed by atoms with Gasteiger partial charge in [0.25, 0.3) is 0 Å². The van der Waals surface area contributed by atoms with Gasteiger partial charge in [-0.25, -0.2) is 0 Å². The minimum atomic E-state index is 0.978. The molecule has 0 bridgehead atoms. The molecule has 0 saturated carbocycles. The third kappa shape index (κ3) is 3.94. The summed E-state index contributed by atoms with van der Waals surface area (Å²) in [6, 6.07) is 1.99. The molecule has 2 rings (SSSR count). The van der Waals surface area contributed by atoms with Crippen LogP contribution in [0.1, 0.15) is 0 Å². The zero-order valence-corrected chi connectivity index (χ0v) is 11.8. The van der Waals surface area contributed by atoms with Gasteiger partial charge < -0.3 is 10.2 Å². The number of nitrogens with zero attached hydrogens (tertiary/aromatic N) is 3. The predicted octanol–water partition coefficient (Wildman–Crippen LogP) is 1.50. The van der Waals surface area contributed by atoms with E-state index in [1.54, 1.807) is 0 Å². The van der Waals surface area contributed by atoms with Crippen LogP contribution in [-0.2, 0) is 0 Å². The fraction of sp³-hybridized carbons (Fsp3) is 0.583. The van der Waals surface area contributed by atoms with Crippen LogP contribution in [0.5, 0.6) is 0 Å². The summed E-state index contributed by atoms with van der Waals surface area (Å²) in [5.41, 5.74) is 1.12. The molecule has 1 aromatic rings. The maximum absolute atomic E-state index is 4.05. The van der Waals surface area contributed by atoms with E-state index in [-0.39, 0.29) is 0 Å². The molecule has 4 nitrogen and oxygen atoms in total. The number of nitrogens with one attached hydrogen (secondary N) is 1. The quantitative estimate of drug-likeness (QED) is 0.913. The minimum Gasteiger partial charge on any atom is -0.383 e. The first-order valence-electron chi connectivity index (χ1n) is 6.00. The highest BCUT2D eigenvalue weighted by Gasteiger charge is 2.12. The van der Waals surface area contributed by atoms with Crippen molar-refractivity contribution in [1.29, 1.82) is 0 Å². The summed E-state index contributed by atoms with van der Waals surface area (Å²) in [6.07, 6.45) is 3.63. The summed E-state index contributed by atoms with van der Waals surface area (Å²) in [4.78, 5) is 8.93. The van der Waals surface area contributed by atoms with Gasteiger partial charge in [0.05, 0.1) is 10.2 Å². The standard InChI is InChI=1S/C12H19BrN4/c1-16-6-8-17(9-7-16)5-4-15-12-2-3-14-10-11(12)13/h2-3,10H,4-9H2,1H3,(H,14,15). The lowest BCUT2D eigenvalue weighted by Gasteiger charge is -2.32. The van der Waals surface area contributed by atoms with Crippen LogP contribution in [0.3, 0.4) is 0 Å². The number of pyridine rings is 1. The van der Waals surface area contributed by atoms with Crippen molar-refractivity contribution in [3.8, 4) is 0 Å². The van der Waals surface area contributed by atoms with E-state index in [9.17, 15) is 0 Å². The van der Waals surface area contributed by atoms with E-state index in [1.807, 2.05) is 18.5 Å². The molecular formula is C12H19BrN4. The third-order valence-electron chi connectivity index (χ3n) is 3.11. The minimum absolute atomic E-state index is 0.978. The van der Waals surface area contributed by atoms with Gasteiger partial charge in [-0.2, -0.15) is 0 Å². The lowest BCUT2D eigenvalue weighted by Crippen LogP contribution is -2.45. The molecule has 1 aliphatic rings. The van der Waals surface area contributed by atoms with Gasteiger partial charge in [0, 0.05) is 51.7 Å². The number of hydrogen-bond donors (Lipinski definition) is 1. The molecule has 1 aliphatic heterocycles. The average Bonchev–Trinajstić information content (AvgIpc) is 2.34. The van der Waals surface area contributed by atoms with Crippen molar-refractivity contribution >= 4 is 21.6 Å². The maximum Gasteiger partial charge on any atom is 0.0590 e. The first-order chi connectivity index (χ1) is 8.25. The zero-order valence-electron chi connectivity index (χ0n) is 10.2. The van der Waals surface area contributed by atoms with Gasteiger partial charge in [-0.1, -0.05) is 0 Å². The Morgan fingerprint density at radius 2 is 2.12 bits per heavy atom.